The maximum Gasteiger partial charge on any atom is 0.409 e. The number of fused-ring (bicyclic) bond motifs is 1. The van der Waals surface area contributed by atoms with Crippen molar-refractivity contribution in [1.29, 1.82) is 0 Å². The van der Waals surface area contributed by atoms with Gasteiger partial charge in [0.15, 0.2) is 5.15 Å². The van der Waals surface area contributed by atoms with Crippen LogP contribution in [-0.4, -0.2) is 47.8 Å². The smallest absolute Gasteiger partial charge is 0.409 e. The van der Waals surface area contributed by atoms with Crippen LogP contribution in [-0.2, 0) is 21.4 Å². The van der Waals surface area contributed by atoms with Gasteiger partial charge < -0.3 is 14.6 Å². The van der Waals surface area contributed by atoms with E-state index in [4.69, 9.17) is 21.4 Å². The van der Waals surface area contributed by atoms with Crippen molar-refractivity contribution in [2.45, 2.75) is 57.7 Å². The molecule has 0 radical (unpaired) electrons. The third kappa shape index (κ3) is 4.53. The molecule has 0 aliphatic carbocycles. The number of rotatable bonds is 7. The van der Waals surface area contributed by atoms with Gasteiger partial charge in [-0.3, -0.25) is 14.3 Å². The molecule has 0 bridgehead atoms. The number of ether oxygens (including phenoxy) is 1. The number of hydrogen-bond acceptors (Lipinski definition) is 6. The van der Waals surface area contributed by atoms with E-state index in [1.165, 1.54) is 29.1 Å². The summed E-state index contributed by atoms with van der Waals surface area (Å²) in [5, 5.41) is 15.1. The first-order chi connectivity index (χ1) is 14.9. The van der Waals surface area contributed by atoms with E-state index in [0.717, 1.165) is 10.6 Å². The van der Waals surface area contributed by atoms with Gasteiger partial charge in [-0.15, -0.1) is 0 Å². The highest BCUT2D eigenvalue weighted by Crippen LogP contribution is 2.44. The minimum atomic E-state index is -4.21. The van der Waals surface area contributed by atoms with Gasteiger partial charge in [0.05, 0.1) is 11.7 Å². The molecule has 1 amide bonds. The van der Waals surface area contributed by atoms with E-state index < -0.39 is 33.7 Å². The van der Waals surface area contributed by atoms with Gasteiger partial charge in [0.1, 0.15) is 23.0 Å². The van der Waals surface area contributed by atoms with Crippen LogP contribution in [0.5, 0.6) is 5.75 Å². The monoisotopic (exact) mass is 484 g/mol. The molecule has 1 aromatic heterocycles. The van der Waals surface area contributed by atoms with Crippen molar-refractivity contribution in [3.8, 4) is 5.75 Å². The van der Waals surface area contributed by atoms with E-state index in [1.807, 2.05) is 0 Å². The number of amides is 1. The van der Waals surface area contributed by atoms with Gasteiger partial charge in [-0.2, -0.15) is 5.10 Å². The van der Waals surface area contributed by atoms with Gasteiger partial charge in [-0.25, -0.2) is 13.2 Å². The number of anilines is 2. The number of hydrogen-bond donors (Lipinski definition) is 2. The Morgan fingerprint density at radius 3 is 2.66 bits per heavy atom. The average molecular weight is 485 g/mol. The zero-order valence-electron chi connectivity index (χ0n) is 18.1. The second-order valence-corrected chi connectivity index (χ2v) is 10.4. The first-order valence-corrected chi connectivity index (χ1v) is 11.8. The van der Waals surface area contributed by atoms with Crippen molar-refractivity contribution in [2.24, 2.45) is 5.41 Å². The molecule has 1 aromatic carbocycles. The number of aromatic nitrogens is 2. The van der Waals surface area contributed by atoms with E-state index in [0.29, 0.717) is 6.54 Å². The van der Waals surface area contributed by atoms with Crippen LogP contribution < -0.4 is 14.4 Å². The Hall–Kier alpha value is -2.79. The third-order valence-electron chi connectivity index (χ3n) is 5.23. The van der Waals surface area contributed by atoms with Crippen LogP contribution in [0.4, 0.5) is 16.2 Å². The fourth-order valence-corrected chi connectivity index (χ4v) is 5.70. The lowest BCUT2D eigenvalue weighted by Gasteiger charge is -2.42. The highest BCUT2D eigenvalue weighted by atomic mass is 35.5. The van der Waals surface area contributed by atoms with Crippen molar-refractivity contribution in [3.05, 3.63) is 29.5 Å². The quantitative estimate of drug-likeness (QED) is 0.574. The molecule has 32 heavy (non-hydrogen) atoms. The van der Waals surface area contributed by atoms with Gasteiger partial charge >= 0.3 is 6.09 Å². The molecule has 12 heteroatoms. The lowest BCUT2D eigenvalue weighted by molar-refractivity contribution is -0.116. The molecule has 0 spiro atoms. The Kier molecular flexibility index (Phi) is 6.43. The number of aldehydes is 1. The maximum absolute atomic E-state index is 13.8. The number of carbonyl (C=O) groups is 2. The summed E-state index contributed by atoms with van der Waals surface area (Å²) in [6.07, 6.45) is 0.487. The first kappa shape index (κ1) is 23.9. The summed E-state index contributed by atoms with van der Waals surface area (Å²) < 4.78 is 36.1. The summed E-state index contributed by atoms with van der Waals surface area (Å²) >= 11 is 6.16. The zero-order valence-corrected chi connectivity index (χ0v) is 19.6. The van der Waals surface area contributed by atoms with Crippen molar-refractivity contribution in [1.82, 2.24) is 9.78 Å². The summed E-state index contributed by atoms with van der Waals surface area (Å²) in [6, 6.07) is 3.62. The summed E-state index contributed by atoms with van der Waals surface area (Å²) in [4.78, 5) is 22.4. The molecule has 0 unspecified atom stereocenters. The third-order valence-corrected chi connectivity index (χ3v) is 7.52. The topological polar surface area (TPSA) is 131 Å². The van der Waals surface area contributed by atoms with E-state index in [1.54, 1.807) is 27.7 Å². The minimum Gasteiger partial charge on any atom is -0.486 e. The summed E-state index contributed by atoms with van der Waals surface area (Å²) in [5.74, 6) is 0.244. The molecule has 174 valence electrons. The molecule has 2 atom stereocenters. The van der Waals surface area contributed by atoms with Crippen LogP contribution in [0.3, 0.4) is 0 Å². The molecule has 2 heterocycles. The number of nitrogens with zero attached hydrogens (tertiary/aromatic N) is 3. The van der Waals surface area contributed by atoms with Crippen molar-refractivity contribution >= 4 is 45.4 Å². The lowest BCUT2D eigenvalue weighted by Crippen LogP contribution is -2.52. The van der Waals surface area contributed by atoms with Crippen molar-refractivity contribution < 1.29 is 27.9 Å². The predicted octanol–water partition coefficient (Wildman–Crippen LogP) is 3.61. The number of carbonyl (C=O) groups excluding carboxylic acids is 1. The van der Waals surface area contributed by atoms with E-state index >= 15 is 0 Å². The van der Waals surface area contributed by atoms with E-state index in [9.17, 15) is 18.0 Å². The van der Waals surface area contributed by atoms with Gasteiger partial charge in [-0.1, -0.05) is 25.4 Å². The number of aryl methyl sites for hydroxylation is 1. The Morgan fingerprint density at radius 1 is 1.41 bits per heavy atom. The van der Waals surface area contributed by atoms with Crippen molar-refractivity contribution in [2.75, 3.05) is 9.62 Å². The van der Waals surface area contributed by atoms with E-state index in [-0.39, 0.29) is 33.6 Å². The fraction of sp³-hybridized carbons (Fsp3) is 0.450. The second-order valence-electron chi connectivity index (χ2n) is 8.26. The molecule has 10 nitrogen and oxygen atoms in total. The zero-order chi connectivity index (χ0) is 23.8. The van der Waals surface area contributed by atoms with E-state index in [2.05, 4.69) is 10.4 Å². The lowest BCUT2D eigenvalue weighted by atomic mass is 9.86. The number of nitrogens with one attached hydrogen (secondary N) is 1. The number of halogens is 1. The highest BCUT2D eigenvalue weighted by Gasteiger charge is 2.43. The van der Waals surface area contributed by atoms with Crippen LogP contribution in [0.1, 0.15) is 34.1 Å². The average Bonchev–Trinajstić information content (AvgIpc) is 3.10. The molecule has 1 aliphatic rings. The highest BCUT2D eigenvalue weighted by molar-refractivity contribution is 7.93. The Labute approximate surface area is 191 Å². The Morgan fingerprint density at radius 2 is 2.09 bits per heavy atom. The Balaban J connectivity index is 2.17. The molecular formula is C20H25ClN4O6S. The molecule has 0 saturated heterocycles. The number of sulfonamides is 1. The van der Waals surface area contributed by atoms with Crippen LogP contribution in [0.2, 0.25) is 5.15 Å². The van der Waals surface area contributed by atoms with Gasteiger partial charge in [0.2, 0.25) is 0 Å². The van der Waals surface area contributed by atoms with Gasteiger partial charge in [0.25, 0.3) is 10.0 Å². The summed E-state index contributed by atoms with van der Waals surface area (Å²) in [5.41, 5.74) is -0.417. The van der Waals surface area contributed by atoms with Crippen LogP contribution in [0.15, 0.2) is 29.3 Å². The minimum absolute atomic E-state index is 0.157. The van der Waals surface area contributed by atoms with Crippen LogP contribution in [0, 0.1) is 5.41 Å². The largest absolute Gasteiger partial charge is 0.486 e. The van der Waals surface area contributed by atoms with Gasteiger partial charge in [-0.05, 0) is 38.5 Å². The normalized spacial score (nSPS) is 18.6. The maximum atomic E-state index is 13.8. The van der Waals surface area contributed by atoms with Crippen LogP contribution >= 0.6 is 11.6 Å². The summed E-state index contributed by atoms with van der Waals surface area (Å²) in [6.45, 7) is 7.38. The number of benzene rings is 1. The molecule has 2 aromatic rings. The predicted molar refractivity (Wildman–Crippen MR) is 119 cm³/mol. The Bertz CT molecular complexity index is 1150. The molecule has 3 rings (SSSR count). The standard InChI is InChI=1S/C20H25ClN4O6S/c1-5-24-10-17(18(21)23-24)32(29,30)25-12(2)16(9-20(3,4)11-26)31-15-7-6-13(8-14(15)25)22-19(27)28/h6-8,10-12,16,22H,5,9H2,1-4H3,(H,27,28)/t12-,16+/m0/s1. The fourth-order valence-electron chi connectivity index (χ4n) is 3.57. The van der Waals surface area contributed by atoms with Crippen molar-refractivity contribution in [3.63, 3.8) is 0 Å². The summed E-state index contributed by atoms with van der Waals surface area (Å²) in [7, 11) is -4.21. The molecular weight excluding hydrogens is 460 g/mol. The molecule has 1 aliphatic heterocycles. The van der Waals surface area contributed by atoms with Gasteiger partial charge in [0, 0.05) is 23.8 Å². The SMILES string of the molecule is CCn1cc(S(=O)(=O)N2c3cc(NC(=O)O)ccc3O[C@H](CC(C)(C)C=O)[C@@H]2C)c(Cl)n1. The first-order valence-electron chi connectivity index (χ1n) is 9.94. The van der Waals surface area contributed by atoms with Crippen LogP contribution in [0.25, 0.3) is 0 Å². The molecule has 2 N–H and O–H groups in total. The number of carboxylic acid groups (broad SMARTS) is 1. The molecule has 0 fully saturated rings. The molecule has 0 saturated carbocycles. The second kappa shape index (κ2) is 8.62.